The van der Waals surface area contributed by atoms with Crippen LogP contribution in [-0.4, -0.2) is 33.1 Å². The molecule has 0 aliphatic carbocycles. The van der Waals surface area contributed by atoms with Gasteiger partial charge in [-0.3, -0.25) is 0 Å². The van der Waals surface area contributed by atoms with E-state index in [1.165, 1.54) is 12.1 Å². The van der Waals surface area contributed by atoms with Crippen molar-refractivity contribution in [1.82, 2.24) is 0 Å². The summed E-state index contributed by atoms with van der Waals surface area (Å²) in [6.07, 6.45) is 0.774. The average Bonchev–Trinajstić information content (AvgIpc) is 2.45. The number of phenolic OH excluding ortho intramolecular Hbond substituents is 1. The van der Waals surface area contributed by atoms with E-state index in [-0.39, 0.29) is 18.3 Å². The Morgan fingerprint density at radius 1 is 1.32 bits per heavy atom. The highest BCUT2D eigenvalue weighted by molar-refractivity contribution is 6.31. The van der Waals surface area contributed by atoms with Gasteiger partial charge in [0.2, 0.25) is 0 Å². The molecule has 0 aliphatic heterocycles. The van der Waals surface area contributed by atoms with Crippen LogP contribution in [-0.2, 0) is 0 Å². The molecule has 0 fully saturated rings. The molecule has 122 valence electrons. The van der Waals surface area contributed by atoms with Crippen LogP contribution in [0.15, 0.2) is 35.6 Å². The Balaban J connectivity index is 2.81. The van der Waals surface area contributed by atoms with E-state index >= 15 is 0 Å². The number of halogens is 1. The lowest BCUT2D eigenvalue weighted by atomic mass is 9.97. The molecule has 0 spiro atoms. The molecule has 1 aromatic carbocycles. The van der Waals surface area contributed by atoms with Crippen LogP contribution >= 0.6 is 11.6 Å². The van der Waals surface area contributed by atoms with Crippen LogP contribution < -0.4 is 0 Å². The fourth-order valence-electron chi connectivity index (χ4n) is 1.99. The van der Waals surface area contributed by atoms with Gasteiger partial charge in [0.1, 0.15) is 5.75 Å². The number of rotatable bonds is 7. The summed E-state index contributed by atoms with van der Waals surface area (Å²) < 4.78 is 0. The second-order valence-electron chi connectivity index (χ2n) is 5.53. The zero-order valence-corrected chi connectivity index (χ0v) is 13.6. The van der Waals surface area contributed by atoms with Crippen molar-refractivity contribution < 1.29 is 20.4 Å². The zero-order valence-electron chi connectivity index (χ0n) is 12.8. The highest BCUT2D eigenvalue weighted by atomic mass is 35.5. The van der Waals surface area contributed by atoms with E-state index in [0.717, 1.165) is 5.57 Å². The summed E-state index contributed by atoms with van der Waals surface area (Å²) in [7, 11) is 0. The van der Waals surface area contributed by atoms with Gasteiger partial charge in [0, 0.05) is 12.8 Å². The van der Waals surface area contributed by atoms with Gasteiger partial charge < -0.3 is 20.4 Å². The van der Waals surface area contributed by atoms with Gasteiger partial charge in [0.25, 0.3) is 0 Å². The van der Waals surface area contributed by atoms with Crippen molar-refractivity contribution in [3.63, 3.8) is 0 Å². The monoisotopic (exact) mass is 326 g/mol. The van der Waals surface area contributed by atoms with E-state index in [1.807, 2.05) is 13.8 Å². The van der Waals surface area contributed by atoms with Gasteiger partial charge in [-0.25, -0.2) is 0 Å². The third-order valence-corrected chi connectivity index (χ3v) is 3.66. The summed E-state index contributed by atoms with van der Waals surface area (Å²) in [6, 6.07) is 4.44. The minimum atomic E-state index is -0.797. The summed E-state index contributed by atoms with van der Waals surface area (Å²) in [5, 5.41) is 38.2. The molecule has 0 aliphatic rings. The first kappa shape index (κ1) is 18.8. The Morgan fingerprint density at radius 2 is 2.00 bits per heavy atom. The molecular formula is C17H23ClO4. The van der Waals surface area contributed by atoms with E-state index in [0.29, 0.717) is 23.4 Å². The van der Waals surface area contributed by atoms with Gasteiger partial charge in [-0.2, -0.15) is 0 Å². The molecule has 1 aromatic rings. The number of hydrogen-bond acceptors (Lipinski definition) is 4. The van der Waals surface area contributed by atoms with Gasteiger partial charge in [0.15, 0.2) is 0 Å². The quantitative estimate of drug-likeness (QED) is 0.581. The second kappa shape index (κ2) is 8.99. The maximum absolute atomic E-state index is 10.1. The first-order chi connectivity index (χ1) is 10.3. The van der Waals surface area contributed by atoms with Gasteiger partial charge in [-0.1, -0.05) is 31.5 Å². The number of phenols is 1. The molecule has 22 heavy (non-hydrogen) atoms. The summed E-state index contributed by atoms with van der Waals surface area (Å²) in [4.78, 5) is 0. The molecule has 0 bridgehead atoms. The van der Waals surface area contributed by atoms with Crippen LogP contribution in [0, 0.1) is 5.92 Å². The lowest BCUT2D eigenvalue weighted by Gasteiger charge is -2.13. The van der Waals surface area contributed by atoms with Crippen molar-refractivity contribution in [2.45, 2.75) is 38.9 Å². The number of benzene rings is 1. The van der Waals surface area contributed by atoms with Gasteiger partial charge in [-0.15, -0.1) is 5.73 Å². The Kier molecular flexibility index (Phi) is 7.66. The van der Waals surface area contributed by atoms with E-state index in [2.05, 4.69) is 5.73 Å². The van der Waals surface area contributed by atoms with Crippen molar-refractivity contribution in [2.75, 3.05) is 6.61 Å². The van der Waals surface area contributed by atoms with Crippen LogP contribution in [0.25, 0.3) is 0 Å². The summed E-state index contributed by atoms with van der Waals surface area (Å²) in [5.74, 6) is 0.239. The minimum Gasteiger partial charge on any atom is -0.508 e. The largest absolute Gasteiger partial charge is 0.508 e. The van der Waals surface area contributed by atoms with Crippen molar-refractivity contribution in [2.24, 2.45) is 5.92 Å². The summed E-state index contributed by atoms with van der Waals surface area (Å²) in [5.41, 5.74) is 4.50. The van der Waals surface area contributed by atoms with E-state index in [9.17, 15) is 15.3 Å². The summed E-state index contributed by atoms with van der Waals surface area (Å²) >= 11 is 5.98. The highest BCUT2D eigenvalue weighted by Crippen LogP contribution is 2.28. The maximum Gasteiger partial charge on any atom is 0.117 e. The molecular weight excluding hydrogens is 304 g/mol. The number of aromatic hydroxyl groups is 1. The van der Waals surface area contributed by atoms with E-state index in [4.69, 9.17) is 16.7 Å². The van der Waals surface area contributed by atoms with Gasteiger partial charge in [0.05, 0.1) is 23.8 Å². The van der Waals surface area contributed by atoms with Crippen LogP contribution in [0.4, 0.5) is 0 Å². The molecule has 0 aromatic heterocycles. The lowest BCUT2D eigenvalue weighted by Crippen LogP contribution is -2.14. The van der Waals surface area contributed by atoms with Crippen molar-refractivity contribution >= 4 is 11.6 Å². The molecule has 0 amide bonds. The minimum absolute atomic E-state index is 0.0523. The van der Waals surface area contributed by atoms with Crippen molar-refractivity contribution in [3.05, 3.63) is 46.2 Å². The topological polar surface area (TPSA) is 80.9 Å². The first-order valence-corrected chi connectivity index (χ1v) is 7.62. The smallest absolute Gasteiger partial charge is 0.117 e. The molecule has 0 saturated carbocycles. The van der Waals surface area contributed by atoms with Gasteiger partial charge >= 0.3 is 0 Å². The fraction of sp³-hybridized carbons (Fsp3) is 0.471. The van der Waals surface area contributed by atoms with Crippen molar-refractivity contribution in [3.8, 4) is 5.75 Å². The SMILES string of the molecule is CC(C)C(=C=CC[C@@H](O)c1ccc(O)cc1Cl)C[C@@H](O)CO. The fourth-order valence-corrected chi connectivity index (χ4v) is 2.30. The number of aliphatic hydroxyl groups excluding tert-OH is 3. The third-order valence-electron chi connectivity index (χ3n) is 3.33. The van der Waals surface area contributed by atoms with Crippen LogP contribution in [0.2, 0.25) is 5.02 Å². The molecule has 5 heteroatoms. The predicted molar refractivity (Wildman–Crippen MR) is 86.8 cm³/mol. The van der Waals surface area contributed by atoms with Gasteiger partial charge in [-0.05, 0) is 35.3 Å². The zero-order chi connectivity index (χ0) is 16.7. The highest BCUT2D eigenvalue weighted by Gasteiger charge is 2.11. The van der Waals surface area contributed by atoms with Crippen molar-refractivity contribution in [1.29, 1.82) is 0 Å². The number of hydrogen-bond donors (Lipinski definition) is 4. The molecule has 0 heterocycles. The predicted octanol–water partition coefficient (Wildman–Crippen LogP) is 2.95. The molecule has 0 unspecified atom stereocenters. The number of aliphatic hydroxyl groups is 3. The Labute approximate surface area is 136 Å². The van der Waals surface area contributed by atoms with Crippen LogP contribution in [0.1, 0.15) is 38.4 Å². The second-order valence-corrected chi connectivity index (χ2v) is 5.93. The standard InChI is InChI=1S/C17H23ClO4/c1-11(2)12(8-14(21)10-19)4-3-5-17(22)15-7-6-13(20)9-16(15)18/h3,6-7,9,11,14,17,19-22H,5,8,10H2,1-2H3/t4?,14-,17-/m1/s1. The molecule has 1 rings (SSSR count). The molecule has 0 radical (unpaired) electrons. The van der Waals surface area contributed by atoms with E-state index in [1.54, 1.807) is 12.1 Å². The maximum atomic E-state index is 10.1. The Bertz CT molecular complexity index is 548. The Hall–Kier alpha value is -1.29. The van der Waals surface area contributed by atoms with Crippen LogP contribution in [0.5, 0.6) is 5.75 Å². The first-order valence-electron chi connectivity index (χ1n) is 7.24. The Morgan fingerprint density at radius 3 is 2.55 bits per heavy atom. The average molecular weight is 327 g/mol. The normalized spacial score (nSPS) is 13.6. The third kappa shape index (κ3) is 5.84. The van der Waals surface area contributed by atoms with Crippen LogP contribution in [0.3, 0.4) is 0 Å². The summed E-state index contributed by atoms with van der Waals surface area (Å²) in [6.45, 7) is 3.67. The lowest BCUT2D eigenvalue weighted by molar-refractivity contribution is 0.0939. The molecule has 4 N–H and O–H groups in total. The molecule has 2 atom stereocenters. The molecule has 4 nitrogen and oxygen atoms in total. The molecule has 0 saturated heterocycles. The van der Waals surface area contributed by atoms with E-state index < -0.39 is 12.2 Å².